The molecule has 0 fully saturated rings. The number of rotatable bonds is 3. The van der Waals surface area contributed by atoms with Gasteiger partial charge in [0.2, 0.25) is 0 Å². The lowest BCUT2D eigenvalue weighted by Crippen LogP contribution is -2.12. The zero-order chi connectivity index (χ0) is 19.3. The highest BCUT2D eigenvalue weighted by atomic mass is 79.9. The monoisotopic (exact) mass is 427 g/mol. The number of nitrogens with one attached hydrogen (secondary N) is 1. The fraction of sp³-hybridized carbons (Fsp3) is 0.0800. The van der Waals surface area contributed by atoms with Crippen LogP contribution in [0.2, 0.25) is 0 Å². The molecule has 2 nitrogen and oxygen atoms in total. The molecular weight excluding hydrogens is 410 g/mol. The number of hydrogen-bond acceptors (Lipinski definition) is 1. The molecule has 0 atom stereocenters. The van der Waals surface area contributed by atoms with Crippen molar-refractivity contribution in [2.75, 3.05) is 0 Å². The molecule has 3 aromatic carbocycles. The molecule has 0 radical (unpaired) electrons. The largest absolute Gasteiger partial charge is 0.322 e. The second-order valence-corrected chi connectivity index (χ2v) is 7.61. The minimum absolute atomic E-state index is 0.0432. The maximum atomic E-state index is 12.4. The zero-order valence-corrected chi connectivity index (χ0v) is 16.8. The number of benzene rings is 3. The van der Waals surface area contributed by atoms with Gasteiger partial charge in [0.1, 0.15) is 0 Å². The quantitative estimate of drug-likeness (QED) is 0.431. The van der Waals surface area contributed by atoms with Gasteiger partial charge in [0.05, 0.1) is 0 Å². The first-order valence-electron chi connectivity index (χ1n) is 9.10. The van der Waals surface area contributed by atoms with Crippen molar-refractivity contribution in [3.8, 4) is 11.8 Å². The Bertz CT molecular complexity index is 1230. The van der Waals surface area contributed by atoms with E-state index >= 15 is 0 Å². The van der Waals surface area contributed by atoms with E-state index in [1.165, 1.54) is 5.56 Å². The molecule has 0 bridgehead atoms. The Hall–Kier alpha value is -3.09. The third kappa shape index (κ3) is 4.42. The molecule has 0 spiro atoms. The summed E-state index contributed by atoms with van der Waals surface area (Å²) >= 11 is 3.44. The van der Waals surface area contributed by atoms with Gasteiger partial charge in [-0.05, 0) is 52.9 Å². The van der Waals surface area contributed by atoms with E-state index in [0.29, 0.717) is 6.42 Å². The van der Waals surface area contributed by atoms with Crippen LogP contribution in [-0.4, -0.2) is 4.98 Å². The molecule has 0 saturated heterocycles. The summed E-state index contributed by atoms with van der Waals surface area (Å²) in [7, 11) is 0. The van der Waals surface area contributed by atoms with Crippen LogP contribution in [0.3, 0.4) is 0 Å². The highest BCUT2D eigenvalue weighted by Crippen LogP contribution is 2.17. The third-order valence-electron chi connectivity index (χ3n) is 4.60. The van der Waals surface area contributed by atoms with Crippen LogP contribution in [0.5, 0.6) is 0 Å². The summed E-state index contributed by atoms with van der Waals surface area (Å²) < 4.78 is 1.03. The van der Waals surface area contributed by atoms with E-state index in [-0.39, 0.29) is 5.56 Å². The molecule has 136 valence electrons. The summed E-state index contributed by atoms with van der Waals surface area (Å²) in [5, 5.41) is 0.998. The lowest BCUT2D eigenvalue weighted by Gasteiger charge is -2.05. The van der Waals surface area contributed by atoms with E-state index in [2.05, 4.69) is 44.9 Å². The zero-order valence-electron chi connectivity index (χ0n) is 15.2. The van der Waals surface area contributed by atoms with Crippen molar-refractivity contribution in [3.05, 3.63) is 116 Å². The van der Waals surface area contributed by atoms with Gasteiger partial charge in [-0.25, -0.2) is 0 Å². The smallest absolute Gasteiger partial charge is 0.251 e. The van der Waals surface area contributed by atoms with Crippen LogP contribution in [-0.2, 0) is 12.8 Å². The lowest BCUT2D eigenvalue weighted by atomic mass is 10.0. The Morgan fingerprint density at radius 2 is 1.64 bits per heavy atom. The molecule has 3 heteroatoms. The molecule has 0 saturated carbocycles. The van der Waals surface area contributed by atoms with Crippen LogP contribution in [0, 0.1) is 11.8 Å². The van der Waals surface area contributed by atoms with E-state index in [1.807, 2.05) is 66.7 Å². The van der Waals surface area contributed by atoms with Crippen LogP contribution in [0.4, 0.5) is 0 Å². The van der Waals surface area contributed by atoms with Gasteiger partial charge in [-0.1, -0.05) is 70.2 Å². The van der Waals surface area contributed by atoms with Gasteiger partial charge in [-0.2, -0.15) is 0 Å². The van der Waals surface area contributed by atoms with E-state index in [0.717, 1.165) is 38.5 Å². The molecule has 28 heavy (non-hydrogen) atoms. The standard InChI is InChI=1S/C25H18BrNO/c26-23-12-9-20(10-13-23)16-22-17-21-15-19(11-14-24(21)27-25(22)28)8-4-7-18-5-2-1-3-6-18/h1-3,5-6,9-15,17H,7,16H2,(H,27,28). The number of aromatic nitrogens is 1. The maximum absolute atomic E-state index is 12.4. The fourth-order valence-corrected chi connectivity index (χ4v) is 3.39. The molecule has 4 rings (SSSR count). The van der Waals surface area contributed by atoms with Gasteiger partial charge in [-0.15, -0.1) is 0 Å². The van der Waals surface area contributed by atoms with Crippen LogP contribution < -0.4 is 5.56 Å². The number of aromatic amines is 1. The van der Waals surface area contributed by atoms with E-state index in [4.69, 9.17) is 0 Å². The van der Waals surface area contributed by atoms with Crippen LogP contribution >= 0.6 is 15.9 Å². The van der Waals surface area contributed by atoms with E-state index in [1.54, 1.807) is 0 Å². The van der Waals surface area contributed by atoms with Crippen molar-refractivity contribution in [2.24, 2.45) is 0 Å². The lowest BCUT2D eigenvalue weighted by molar-refractivity contribution is 1.12. The topological polar surface area (TPSA) is 32.9 Å². The van der Waals surface area contributed by atoms with Crippen LogP contribution in [0.15, 0.2) is 88.1 Å². The summed E-state index contributed by atoms with van der Waals surface area (Å²) in [6.07, 6.45) is 1.32. The van der Waals surface area contributed by atoms with Crippen LogP contribution in [0.25, 0.3) is 10.9 Å². The number of hydrogen-bond donors (Lipinski definition) is 1. The minimum Gasteiger partial charge on any atom is -0.322 e. The van der Waals surface area contributed by atoms with Crippen molar-refractivity contribution in [2.45, 2.75) is 12.8 Å². The van der Waals surface area contributed by atoms with Crippen molar-refractivity contribution < 1.29 is 0 Å². The summed E-state index contributed by atoms with van der Waals surface area (Å²) in [6.45, 7) is 0. The molecule has 0 aliphatic heterocycles. The Morgan fingerprint density at radius 1 is 0.857 bits per heavy atom. The highest BCUT2D eigenvalue weighted by molar-refractivity contribution is 9.10. The molecule has 1 N–H and O–H groups in total. The van der Waals surface area contributed by atoms with Gasteiger partial charge in [0.25, 0.3) is 5.56 Å². The van der Waals surface area contributed by atoms with E-state index in [9.17, 15) is 4.79 Å². The SMILES string of the molecule is O=c1[nH]c2ccc(C#CCc3ccccc3)cc2cc1Cc1ccc(Br)cc1. The molecule has 0 aliphatic rings. The molecule has 0 aliphatic carbocycles. The van der Waals surface area contributed by atoms with Gasteiger partial charge >= 0.3 is 0 Å². The second kappa shape index (κ2) is 8.29. The maximum Gasteiger partial charge on any atom is 0.251 e. The first-order valence-corrected chi connectivity index (χ1v) is 9.90. The van der Waals surface area contributed by atoms with Crippen LogP contribution in [0.1, 0.15) is 22.3 Å². The first kappa shape index (κ1) is 18.3. The average molecular weight is 428 g/mol. The van der Waals surface area contributed by atoms with Crippen molar-refractivity contribution in [3.63, 3.8) is 0 Å². The van der Waals surface area contributed by atoms with E-state index < -0.39 is 0 Å². The minimum atomic E-state index is -0.0432. The Kier molecular flexibility index (Phi) is 5.41. The normalized spacial score (nSPS) is 10.5. The average Bonchev–Trinajstić information content (AvgIpc) is 2.71. The predicted molar refractivity (Wildman–Crippen MR) is 119 cm³/mol. The number of fused-ring (bicyclic) bond motifs is 1. The van der Waals surface area contributed by atoms with Gasteiger partial charge in [-0.3, -0.25) is 4.79 Å². The van der Waals surface area contributed by atoms with Gasteiger partial charge < -0.3 is 4.98 Å². The number of H-pyrrole nitrogens is 1. The highest BCUT2D eigenvalue weighted by Gasteiger charge is 2.05. The summed E-state index contributed by atoms with van der Waals surface area (Å²) in [5.41, 5.74) is 4.80. The summed E-state index contributed by atoms with van der Waals surface area (Å²) in [6, 6.07) is 26.1. The third-order valence-corrected chi connectivity index (χ3v) is 5.13. The predicted octanol–water partition coefficient (Wildman–Crippen LogP) is 5.48. The molecule has 0 unspecified atom stereocenters. The molecule has 1 heterocycles. The number of halogens is 1. The molecule has 4 aromatic rings. The van der Waals surface area contributed by atoms with Gasteiger partial charge in [0, 0.05) is 34.0 Å². The summed E-state index contributed by atoms with van der Waals surface area (Å²) in [4.78, 5) is 15.4. The Balaban J connectivity index is 1.60. The van der Waals surface area contributed by atoms with Crippen molar-refractivity contribution >= 4 is 26.8 Å². The summed E-state index contributed by atoms with van der Waals surface area (Å²) in [5.74, 6) is 6.46. The fourth-order valence-electron chi connectivity index (χ4n) is 3.13. The molecule has 1 aromatic heterocycles. The molecule has 0 amide bonds. The van der Waals surface area contributed by atoms with Crippen molar-refractivity contribution in [1.82, 2.24) is 4.98 Å². The molecular formula is C25H18BrNO. The number of pyridine rings is 1. The first-order chi connectivity index (χ1) is 13.7. The Morgan fingerprint density at radius 3 is 2.43 bits per heavy atom. The Labute approximate surface area is 172 Å². The van der Waals surface area contributed by atoms with Gasteiger partial charge in [0.15, 0.2) is 0 Å². The van der Waals surface area contributed by atoms with Crippen molar-refractivity contribution in [1.29, 1.82) is 0 Å². The second-order valence-electron chi connectivity index (χ2n) is 6.69.